The predicted molar refractivity (Wildman–Crippen MR) is 76.2 cm³/mol. The van der Waals surface area contributed by atoms with E-state index in [-0.39, 0.29) is 0 Å². The van der Waals surface area contributed by atoms with Gasteiger partial charge >= 0.3 is 0 Å². The minimum Gasteiger partial charge on any atom is -0.457 e. The first-order valence-corrected chi connectivity index (χ1v) is 6.07. The Morgan fingerprint density at radius 1 is 1.30 bits per heavy atom. The molecule has 4 N–H and O–H groups in total. The Bertz CT molecular complexity index is 648. The molecule has 0 amide bonds. The summed E-state index contributed by atoms with van der Waals surface area (Å²) >= 11 is 0. The van der Waals surface area contributed by atoms with Crippen LogP contribution in [0.25, 0.3) is 0 Å². The van der Waals surface area contributed by atoms with E-state index >= 15 is 0 Å². The van der Waals surface area contributed by atoms with Crippen LogP contribution in [0, 0.1) is 18.3 Å². The Labute approximate surface area is 117 Å². The van der Waals surface area contributed by atoms with Gasteiger partial charge in [0.1, 0.15) is 11.5 Å². The largest absolute Gasteiger partial charge is 0.457 e. The number of nitrogens with two attached hydrogens (primary N) is 1. The van der Waals surface area contributed by atoms with Crippen LogP contribution in [0.3, 0.4) is 0 Å². The Hall–Kier alpha value is -2.55. The van der Waals surface area contributed by atoms with Gasteiger partial charge in [-0.2, -0.15) is 5.26 Å². The molecular formula is C15H15N3O2. The molecular weight excluding hydrogens is 254 g/mol. The van der Waals surface area contributed by atoms with E-state index in [2.05, 4.69) is 11.4 Å². The highest BCUT2D eigenvalue weighted by molar-refractivity contribution is 5.53. The summed E-state index contributed by atoms with van der Waals surface area (Å²) < 4.78 is 5.76. The van der Waals surface area contributed by atoms with E-state index in [0.29, 0.717) is 22.7 Å². The topological polar surface area (TPSA) is 91.3 Å². The maximum Gasteiger partial charge on any atom is 0.178 e. The smallest absolute Gasteiger partial charge is 0.178 e. The highest BCUT2D eigenvalue weighted by Gasteiger charge is 2.05. The van der Waals surface area contributed by atoms with Crippen LogP contribution in [-0.4, -0.2) is 11.5 Å². The number of benzene rings is 2. The Kier molecular flexibility index (Phi) is 4.20. The number of hydrogen-bond donors (Lipinski definition) is 3. The Balaban J connectivity index is 2.25. The fraction of sp³-hybridized carbons (Fsp3) is 0.133. The number of anilines is 1. The van der Waals surface area contributed by atoms with E-state index in [4.69, 9.17) is 20.8 Å². The lowest BCUT2D eigenvalue weighted by Crippen LogP contribution is -2.28. The van der Waals surface area contributed by atoms with Crippen LogP contribution in [0.2, 0.25) is 0 Å². The highest BCUT2D eigenvalue weighted by Crippen LogP contribution is 2.28. The minimum absolute atomic E-state index is 0.534. The van der Waals surface area contributed by atoms with Crippen LogP contribution in [0.5, 0.6) is 11.5 Å². The second-order valence-corrected chi connectivity index (χ2v) is 4.31. The van der Waals surface area contributed by atoms with Crippen molar-refractivity contribution in [2.45, 2.75) is 13.3 Å². The summed E-state index contributed by atoms with van der Waals surface area (Å²) in [6.07, 6.45) is -1.13. The van der Waals surface area contributed by atoms with Gasteiger partial charge in [-0.3, -0.25) is 5.73 Å². The summed E-state index contributed by atoms with van der Waals surface area (Å²) in [6.45, 7) is 1.91. The molecule has 0 bridgehead atoms. The zero-order valence-corrected chi connectivity index (χ0v) is 11.0. The van der Waals surface area contributed by atoms with Crippen molar-refractivity contribution in [3.05, 3.63) is 53.6 Å². The first-order chi connectivity index (χ1) is 9.58. The van der Waals surface area contributed by atoms with Gasteiger partial charge in [0.2, 0.25) is 0 Å². The van der Waals surface area contributed by atoms with Gasteiger partial charge in [0.25, 0.3) is 0 Å². The van der Waals surface area contributed by atoms with E-state index in [1.165, 1.54) is 0 Å². The number of nitrogens with zero attached hydrogens (tertiary/aromatic N) is 1. The molecule has 0 saturated heterocycles. The van der Waals surface area contributed by atoms with Crippen molar-refractivity contribution >= 4 is 5.69 Å². The third-order valence-electron chi connectivity index (χ3n) is 2.69. The van der Waals surface area contributed by atoms with Crippen molar-refractivity contribution in [2.75, 3.05) is 5.32 Å². The van der Waals surface area contributed by atoms with Crippen molar-refractivity contribution in [2.24, 2.45) is 5.73 Å². The van der Waals surface area contributed by atoms with Gasteiger partial charge in [0, 0.05) is 11.8 Å². The average molecular weight is 269 g/mol. The van der Waals surface area contributed by atoms with Crippen LogP contribution < -0.4 is 15.8 Å². The maximum atomic E-state index is 9.11. The fourth-order valence-corrected chi connectivity index (χ4v) is 1.73. The lowest BCUT2D eigenvalue weighted by Gasteiger charge is -2.13. The molecule has 0 radical (unpaired) electrons. The highest BCUT2D eigenvalue weighted by atomic mass is 16.5. The summed E-state index contributed by atoms with van der Waals surface area (Å²) in [5, 5.41) is 20.7. The molecule has 0 saturated carbocycles. The number of hydrogen-bond acceptors (Lipinski definition) is 5. The van der Waals surface area contributed by atoms with Crippen LogP contribution in [0.4, 0.5) is 5.69 Å². The van der Waals surface area contributed by atoms with Gasteiger partial charge in [-0.15, -0.1) is 0 Å². The van der Waals surface area contributed by atoms with Crippen LogP contribution in [-0.2, 0) is 0 Å². The summed E-state index contributed by atoms with van der Waals surface area (Å²) in [4.78, 5) is 0. The molecule has 2 aromatic rings. The van der Waals surface area contributed by atoms with E-state index in [1.807, 2.05) is 13.0 Å². The number of rotatable bonds is 4. The van der Waals surface area contributed by atoms with Crippen molar-refractivity contribution in [3.8, 4) is 17.6 Å². The second-order valence-electron chi connectivity index (χ2n) is 4.31. The molecule has 5 nitrogen and oxygen atoms in total. The Morgan fingerprint density at radius 3 is 2.80 bits per heavy atom. The van der Waals surface area contributed by atoms with Crippen molar-refractivity contribution in [1.82, 2.24) is 0 Å². The predicted octanol–water partition coefficient (Wildman–Crippen LogP) is 2.31. The first kappa shape index (κ1) is 13.9. The molecule has 0 aliphatic rings. The Morgan fingerprint density at radius 2 is 2.10 bits per heavy atom. The van der Waals surface area contributed by atoms with Crippen molar-refractivity contribution < 1.29 is 9.84 Å². The van der Waals surface area contributed by atoms with Crippen molar-refractivity contribution in [3.63, 3.8) is 0 Å². The lowest BCUT2D eigenvalue weighted by molar-refractivity contribution is 0.212. The zero-order chi connectivity index (χ0) is 14.5. The molecule has 1 atom stereocenters. The lowest BCUT2D eigenvalue weighted by atomic mass is 10.2. The molecule has 2 aromatic carbocycles. The molecule has 5 heteroatoms. The molecule has 0 spiro atoms. The summed E-state index contributed by atoms with van der Waals surface area (Å²) in [5.74, 6) is 1.21. The summed E-state index contributed by atoms with van der Waals surface area (Å²) in [7, 11) is 0. The number of ether oxygens (including phenoxy) is 1. The molecule has 0 aliphatic carbocycles. The molecule has 102 valence electrons. The van der Waals surface area contributed by atoms with E-state index in [1.54, 1.807) is 36.4 Å². The molecule has 0 heterocycles. The van der Waals surface area contributed by atoms with Crippen LogP contribution in [0.15, 0.2) is 42.5 Å². The molecule has 20 heavy (non-hydrogen) atoms. The molecule has 0 fully saturated rings. The monoisotopic (exact) mass is 269 g/mol. The van der Waals surface area contributed by atoms with Gasteiger partial charge in [0.05, 0.1) is 11.6 Å². The quantitative estimate of drug-likeness (QED) is 0.741. The number of aliphatic hydroxyl groups excluding tert-OH is 1. The summed E-state index contributed by atoms with van der Waals surface area (Å²) in [5.41, 5.74) is 7.39. The SMILES string of the molecule is Cc1ccc(NC(N)O)cc1Oc1cccc(C#N)c1. The van der Waals surface area contributed by atoms with Crippen LogP contribution in [0.1, 0.15) is 11.1 Å². The normalized spacial score (nSPS) is 11.5. The number of nitrogens with one attached hydrogen (secondary N) is 1. The number of aryl methyl sites for hydroxylation is 1. The van der Waals surface area contributed by atoms with Crippen LogP contribution >= 0.6 is 0 Å². The van der Waals surface area contributed by atoms with Gasteiger partial charge in [-0.1, -0.05) is 12.1 Å². The van der Waals surface area contributed by atoms with Gasteiger partial charge in [-0.05, 0) is 36.8 Å². The van der Waals surface area contributed by atoms with Crippen molar-refractivity contribution in [1.29, 1.82) is 5.26 Å². The molecule has 2 rings (SSSR count). The summed E-state index contributed by atoms with van der Waals surface area (Å²) in [6, 6.07) is 14.4. The zero-order valence-electron chi connectivity index (χ0n) is 11.0. The number of aliphatic hydroxyl groups is 1. The average Bonchev–Trinajstić information content (AvgIpc) is 2.42. The minimum atomic E-state index is -1.13. The van der Waals surface area contributed by atoms with E-state index in [0.717, 1.165) is 5.56 Å². The maximum absolute atomic E-state index is 9.11. The fourth-order valence-electron chi connectivity index (χ4n) is 1.73. The number of nitriles is 1. The van der Waals surface area contributed by atoms with Gasteiger partial charge in [0.15, 0.2) is 6.35 Å². The van der Waals surface area contributed by atoms with Gasteiger partial charge in [-0.25, -0.2) is 0 Å². The standard InChI is InChI=1S/C15H15N3O2/c1-10-5-6-12(18-15(17)19)8-14(10)20-13-4-2-3-11(7-13)9-16/h2-8,15,18-19H,17H2,1H3. The third kappa shape index (κ3) is 3.48. The molecule has 1 unspecified atom stereocenters. The molecule has 0 aliphatic heterocycles. The van der Waals surface area contributed by atoms with E-state index in [9.17, 15) is 0 Å². The molecule has 0 aromatic heterocycles. The second kappa shape index (κ2) is 6.06. The van der Waals surface area contributed by atoms with E-state index < -0.39 is 6.35 Å². The third-order valence-corrected chi connectivity index (χ3v) is 2.69. The van der Waals surface area contributed by atoms with Gasteiger partial charge < -0.3 is 15.2 Å². The first-order valence-electron chi connectivity index (χ1n) is 6.07.